The molecule has 0 spiro atoms. The summed E-state index contributed by atoms with van der Waals surface area (Å²) in [6, 6.07) is 15.5. The molecule has 2 aromatic rings. The fourth-order valence-corrected chi connectivity index (χ4v) is 1.79. The number of nitrogens with one attached hydrogen (secondary N) is 1. The summed E-state index contributed by atoms with van der Waals surface area (Å²) in [6.07, 6.45) is -1.09. The van der Waals surface area contributed by atoms with E-state index in [9.17, 15) is 9.59 Å². The average Bonchev–Trinajstić information content (AvgIpc) is 2.53. The Labute approximate surface area is 121 Å². The van der Waals surface area contributed by atoms with Crippen LogP contribution in [0.1, 0.15) is 15.9 Å². The highest BCUT2D eigenvalue weighted by atomic mass is 16.4. The van der Waals surface area contributed by atoms with Crippen molar-refractivity contribution in [3.8, 4) is 0 Å². The van der Waals surface area contributed by atoms with Crippen molar-refractivity contribution in [2.24, 2.45) is 5.84 Å². The third-order valence-corrected chi connectivity index (χ3v) is 2.90. The summed E-state index contributed by atoms with van der Waals surface area (Å²) in [5.41, 5.74) is 1.79. The Morgan fingerprint density at radius 3 is 2.24 bits per heavy atom. The van der Waals surface area contributed by atoms with Crippen molar-refractivity contribution >= 4 is 17.7 Å². The van der Waals surface area contributed by atoms with Crippen molar-refractivity contribution in [2.75, 3.05) is 5.01 Å². The molecule has 0 aromatic heterocycles. The van der Waals surface area contributed by atoms with E-state index in [0.29, 0.717) is 11.3 Å². The molecule has 6 nitrogen and oxygen atoms in total. The lowest BCUT2D eigenvalue weighted by Gasteiger charge is -2.16. The van der Waals surface area contributed by atoms with Crippen molar-refractivity contribution in [3.05, 3.63) is 65.7 Å². The minimum absolute atomic E-state index is 0.189. The zero-order chi connectivity index (χ0) is 15.2. The summed E-state index contributed by atoms with van der Waals surface area (Å²) < 4.78 is 0. The molecule has 0 fully saturated rings. The second kappa shape index (κ2) is 6.53. The highest BCUT2D eigenvalue weighted by Crippen LogP contribution is 2.13. The molecule has 0 aliphatic rings. The molecule has 4 N–H and O–H groups in total. The maximum absolute atomic E-state index is 12.2. The number of benzene rings is 2. The van der Waals surface area contributed by atoms with Gasteiger partial charge in [0.2, 0.25) is 0 Å². The van der Waals surface area contributed by atoms with Crippen LogP contribution in [0, 0.1) is 0 Å². The molecule has 0 bridgehead atoms. The first-order valence-electron chi connectivity index (χ1n) is 6.28. The number of nitrogens with two attached hydrogens (primary N) is 1. The highest BCUT2D eigenvalue weighted by molar-refractivity contribution is 6.05. The number of anilines is 1. The Hall–Kier alpha value is -2.86. The van der Waals surface area contributed by atoms with Gasteiger partial charge in [0.1, 0.15) is 0 Å². The number of nitrogens with zero attached hydrogens (tertiary/aromatic N) is 1. The van der Waals surface area contributed by atoms with E-state index in [4.69, 9.17) is 10.9 Å². The Morgan fingerprint density at radius 2 is 1.67 bits per heavy atom. The van der Waals surface area contributed by atoms with Gasteiger partial charge in [-0.2, -0.15) is 0 Å². The molecule has 0 atom stereocenters. The lowest BCUT2D eigenvalue weighted by Crippen LogP contribution is -2.37. The van der Waals surface area contributed by atoms with Gasteiger partial charge in [-0.15, -0.1) is 0 Å². The van der Waals surface area contributed by atoms with E-state index >= 15 is 0 Å². The van der Waals surface area contributed by atoms with Gasteiger partial charge < -0.3 is 10.4 Å². The fourth-order valence-electron chi connectivity index (χ4n) is 1.79. The molecule has 0 radical (unpaired) electrons. The lowest BCUT2D eigenvalue weighted by atomic mass is 10.1. The molecular weight excluding hydrogens is 270 g/mol. The topological polar surface area (TPSA) is 95.7 Å². The molecule has 0 unspecified atom stereocenters. The largest absolute Gasteiger partial charge is 0.465 e. The fraction of sp³-hybridized carbons (Fsp3) is 0.0667. The first-order valence-corrected chi connectivity index (χ1v) is 6.28. The number of amides is 2. The van der Waals surface area contributed by atoms with Crippen LogP contribution < -0.4 is 16.2 Å². The van der Waals surface area contributed by atoms with Gasteiger partial charge >= 0.3 is 6.09 Å². The molecule has 0 aliphatic heterocycles. The van der Waals surface area contributed by atoms with E-state index in [1.54, 1.807) is 48.5 Å². The number of carbonyl (C=O) groups is 2. The number of hydrogen-bond acceptors (Lipinski definition) is 3. The van der Waals surface area contributed by atoms with Crippen LogP contribution in [-0.2, 0) is 6.54 Å². The number of carboxylic acid groups (broad SMARTS) is 1. The molecular formula is C15H15N3O3. The molecule has 0 saturated heterocycles. The van der Waals surface area contributed by atoms with Crippen LogP contribution >= 0.6 is 0 Å². The average molecular weight is 285 g/mol. The normalized spacial score (nSPS) is 9.95. The van der Waals surface area contributed by atoms with Crippen molar-refractivity contribution in [1.82, 2.24) is 5.32 Å². The standard InChI is InChI=1S/C15H15N3O3/c16-18(13-4-2-1-3-5-13)14(19)12-8-6-11(7-9-12)10-17-15(20)21/h1-9,17H,10,16H2,(H,20,21). The lowest BCUT2D eigenvalue weighted by molar-refractivity contribution is 0.0986. The van der Waals surface area contributed by atoms with E-state index in [2.05, 4.69) is 5.32 Å². The SMILES string of the molecule is NN(C(=O)c1ccc(CNC(=O)O)cc1)c1ccccc1. The number of rotatable bonds is 4. The molecule has 2 rings (SSSR count). The summed E-state index contributed by atoms with van der Waals surface area (Å²) in [5.74, 6) is 5.47. The van der Waals surface area contributed by atoms with Crippen molar-refractivity contribution in [1.29, 1.82) is 0 Å². The maximum atomic E-state index is 12.2. The molecule has 0 saturated carbocycles. The predicted octanol–water partition coefficient (Wildman–Crippen LogP) is 1.97. The van der Waals surface area contributed by atoms with E-state index in [1.165, 1.54) is 0 Å². The van der Waals surface area contributed by atoms with Crippen LogP contribution in [0.5, 0.6) is 0 Å². The Balaban J connectivity index is 2.08. The molecule has 2 aromatic carbocycles. The van der Waals surface area contributed by atoms with E-state index in [0.717, 1.165) is 10.6 Å². The van der Waals surface area contributed by atoms with Crippen LogP contribution in [-0.4, -0.2) is 17.1 Å². The van der Waals surface area contributed by atoms with Gasteiger partial charge in [0.15, 0.2) is 0 Å². The first-order chi connectivity index (χ1) is 10.1. The van der Waals surface area contributed by atoms with Gasteiger partial charge in [0.05, 0.1) is 5.69 Å². The Bertz CT molecular complexity index is 626. The zero-order valence-electron chi connectivity index (χ0n) is 11.2. The molecule has 6 heteroatoms. The minimum atomic E-state index is -1.09. The third-order valence-electron chi connectivity index (χ3n) is 2.90. The van der Waals surface area contributed by atoms with E-state index in [-0.39, 0.29) is 12.5 Å². The van der Waals surface area contributed by atoms with Crippen LogP contribution in [0.15, 0.2) is 54.6 Å². The first kappa shape index (κ1) is 14.5. The van der Waals surface area contributed by atoms with Crippen LogP contribution in [0.4, 0.5) is 10.5 Å². The van der Waals surface area contributed by atoms with Gasteiger partial charge in [-0.05, 0) is 29.8 Å². The molecule has 21 heavy (non-hydrogen) atoms. The van der Waals surface area contributed by atoms with Gasteiger partial charge in [0, 0.05) is 12.1 Å². The summed E-state index contributed by atoms with van der Waals surface area (Å²) >= 11 is 0. The van der Waals surface area contributed by atoms with E-state index < -0.39 is 6.09 Å². The number of para-hydroxylation sites is 1. The smallest absolute Gasteiger partial charge is 0.404 e. The van der Waals surface area contributed by atoms with Crippen LogP contribution in [0.25, 0.3) is 0 Å². The molecule has 2 amide bonds. The third kappa shape index (κ3) is 3.80. The number of carbonyl (C=O) groups excluding carboxylic acids is 1. The minimum Gasteiger partial charge on any atom is -0.465 e. The van der Waals surface area contributed by atoms with Crippen LogP contribution in [0.3, 0.4) is 0 Å². The van der Waals surface area contributed by atoms with E-state index in [1.807, 2.05) is 6.07 Å². The van der Waals surface area contributed by atoms with Crippen molar-refractivity contribution < 1.29 is 14.7 Å². The molecule has 0 aliphatic carbocycles. The van der Waals surface area contributed by atoms with Crippen molar-refractivity contribution in [2.45, 2.75) is 6.54 Å². The Kier molecular flexibility index (Phi) is 4.53. The zero-order valence-corrected chi connectivity index (χ0v) is 11.2. The monoisotopic (exact) mass is 285 g/mol. The maximum Gasteiger partial charge on any atom is 0.404 e. The summed E-state index contributed by atoms with van der Waals surface area (Å²) in [6.45, 7) is 0.189. The Morgan fingerprint density at radius 1 is 1.05 bits per heavy atom. The van der Waals surface area contributed by atoms with Gasteiger partial charge in [-0.3, -0.25) is 4.79 Å². The van der Waals surface area contributed by atoms with Gasteiger partial charge in [-0.25, -0.2) is 15.6 Å². The summed E-state index contributed by atoms with van der Waals surface area (Å²) in [4.78, 5) is 22.6. The number of hydrazine groups is 1. The summed E-state index contributed by atoms with van der Waals surface area (Å²) in [5, 5.41) is 11.9. The second-order valence-electron chi connectivity index (χ2n) is 4.37. The highest BCUT2D eigenvalue weighted by Gasteiger charge is 2.13. The number of hydrogen-bond donors (Lipinski definition) is 3. The molecule has 0 heterocycles. The van der Waals surface area contributed by atoms with Crippen molar-refractivity contribution in [3.63, 3.8) is 0 Å². The summed E-state index contributed by atoms with van der Waals surface area (Å²) in [7, 11) is 0. The van der Waals surface area contributed by atoms with Gasteiger partial charge in [-0.1, -0.05) is 30.3 Å². The van der Waals surface area contributed by atoms with Gasteiger partial charge in [0.25, 0.3) is 5.91 Å². The second-order valence-corrected chi connectivity index (χ2v) is 4.37. The van der Waals surface area contributed by atoms with Crippen LogP contribution in [0.2, 0.25) is 0 Å². The predicted molar refractivity (Wildman–Crippen MR) is 78.7 cm³/mol. The quantitative estimate of drug-likeness (QED) is 0.454. The molecule has 108 valence electrons.